The molecule has 3 amide bonds. The van der Waals surface area contributed by atoms with E-state index in [1.54, 1.807) is 0 Å². The molecular weight excluding hydrogens is 148 g/mol. The highest BCUT2D eigenvalue weighted by molar-refractivity contribution is 5.88. The van der Waals surface area contributed by atoms with E-state index in [4.69, 9.17) is 15.7 Å². The molecule has 8 nitrogen and oxygen atoms in total. The third kappa shape index (κ3) is 1.85. The Morgan fingerprint density at radius 1 is 1.50 bits per heavy atom. The average molecular weight is 152 g/mol. The molecule has 0 aliphatic carbocycles. The molecule has 0 heterocycles. The molecule has 0 unspecified atom stereocenters. The zero-order chi connectivity index (χ0) is 8.15. The van der Waals surface area contributed by atoms with Gasteiger partial charge in [-0.3, -0.25) is 15.3 Å². The number of hydroxylamine groups is 3. The monoisotopic (exact) mass is 152 g/mol. The predicted octanol–water partition coefficient (Wildman–Crippen LogP) is -0.614. The van der Waals surface area contributed by atoms with Crippen molar-refractivity contribution in [3.8, 4) is 0 Å². The van der Waals surface area contributed by atoms with Crippen molar-refractivity contribution in [2.24, 2.45) is 0 Å². The molecule has 0 spiro atoms. The summed E-state index contributed by atoms with van der Waals surface area (Å²) in [5, 5.41) is 22.8. The van der Waals surface area contributed by atoms with Crippen molar-refractivity contribution < 1.29 is 30.1 Å². The lowest BCUT2D eigenvalue weighted by Gasteiger charge is -2.06. The smallest absolute Gasteiger partial charge is 0.287 e. The highest BCUT2D eigenvalue weighted by Crippen LogP contribution is 1.86. The molecule has 0 aromatic rings. The number of imide groups is 1. The first-order chi connectivity index (χ1) is 4.63. The summed E-state index contributed by atoms with van der Waals surface area (Å²) in [7, 11) is 0. The normalized spacial score (nSPS) is 8.30. The van der Waals surface area contributed by atoms with Gasteiger partial charge in [-0.15, -0.1) is 0 Å². The van der Waals surface area contributed by atoms with Crippen LogP contribution in [0.5, 0.6) is 0 Å². The second kappa shape index (κ2) is 3.61. The average Bonchev–Trinajstić information content (AvgIpc) is 2.00. The van der Waals surface area contributed by atoms with Crippen LogP contribution in [-0.2, 0) is 4.89 Å². The number of rotatable bonds is 0. The van der Waals surface area contributed by atoms with E-state index in [0.717, 1.165) is 5.48 Å². The zero-order valence-corrected chi connectivity index (χ0v) is 4.51. The van der Waals surface area contributed by atoms with Crippen LogP contribution in [0.1, 0.15) is 0 Å². The first-order valence-electron chi connectivity index (χ1n) is 1.92. The van der Waals surface area contributed by atoms with Gasteiger partial charge in [0.1, 0.15) is 0 Å². The summed E-state index contributed by atoms with van der Waals surface area (Å²) < 4.78 is 0. The Morgan fingerprint density at radius 2 is 2.00 bits per heavy atom. The summed E-state index contributed by atoms with van der Waals surface area (Å²) in [5.74, 6) is 0. The summed E-state index contributed by atoms with van der Waals surface area (Å²) >= 11 is 0. The number of carbonyl (C=O) groups is 2. The maximum Gasteiger partial charge on any atom is 0.473 e. The van der Waals surface area contributed by atoms with Crippen LogP contribution >= 0.6 is 0 Å². The van der Waals surface area contributed by atoms with E-state index in [1.165, 1.54) is 0 Å². The van der Waals surface area contributed by atoms with Gasteiger partial charge < -0.3 is 0 Å². The molecule has 0 aromatic heterocycles. The van der Waals surface area contributed by atoms with Gasteiger partial charge in [0, 0.05) is 0 Å². The van der Waals surface area contributed by atoms with Crippen LogP contribution in [0.25, 0.3) is 0 Å². The number of hydrogen-bond acceptors (Lipinski definition) is 6. The van der Waals surface area contributed by atoms with E-state index in [-0.39, 0.29) is 0 Å². The second-order valence-corrected chi connectivity index (χ2v) is 1.09. The third-order valence-corrected chi connectivity index (χ3v) is 0.539. The van der Waals surface area contributed by atoms with Crippen LogP contribution in [0.2, 0.25) is 0 Å². The van der Waals surface area contributed by atoms with Crippen molar-refractivity contribution in [3.63, 3.8) is 0 Å². The standard InChI is InChI=1S/C2H4N2O6/c5-1(3-7)4(8)2(6)10-9/h7-9H,(H,3,5). The molecule has 0 radical (unpaired) electrons. The number of carbonyl (C=O) groups excluding carboxylic acids is 2. The summed E-state index contributed by atoms with van der Waals surface area (Å²) in [6, 6.07) is -1.54. The fraction of sp³-hybridized carbons (Fsp3) is 0. The maximum atomic E-state index is 10.0. The van der Waals surface area contributed by atoms with Crippen LogP contribution in [0.4, 0.5) is 9.59 Å². The van der Waals surface area contributed by atoms with Gasteiger partial charge in [-0.1, -0.05) is 5.06 Å². The number of urea groups is 1. The van der Waals surface area contributed by atoms with Crippen molar-refractivity contribution in [2.75, 3.05) is 0 Å². The van der Waals surface area contributed by atoms with Gasteiger partial charge in [-0.2, -0.15) is 5.26 Å². The largest absolute Gasteiger partial charge is 0.473 e. The Morgan fingerprint density at radius 3 is 2.30 bits per heavy atom. The minimum absolute atomic E-state index is 0.667. The van der Waals surface area contributed by atoms with Crippen molar-refractivity contribution in [3.05, 3.63) is 0 Å². The zero-order valence-electron chi connectivity index (χ0n) is 4.51. The molecule has 0 aliphatic heterocycles. The second-order valence-electron chi connectivity index (χ2n) is 1.09. The van der Waals surface area contributed by atoms with E-state index >= 15 is 0 Å². The quantitative estimate of drug-likeness (QED) is 0.209. The Hall–Kier alpha value is -1.38. The van der Waals surface area contributed by atoms with Crippen LogP contribution in [0.3, 0.4) is 0 Å². The molecule has 0 fully saturated rings. The summed E-state index contributed by atoms with van der Waals surface area (Å²) in [4.78, 5) is 22.9. The minimum Gasteiger partial charge on any atom is -0.287 e. The van der Waals surface area contributed by atoms with Gasteiger partial charge in [0.25, 0.3) is 0 Å². The van der Waals surface area contributed by atoms with Gasteiger partial charge in [0.05, 0.1) is 0 Å². The number of nitrogens with one attached hydrogen (secondary N) is 1. The highest BCUT2D eigenvalue weighted by Gasteiger charge is 2.19. The number of hydrogen-bond donors (Lipinski definition) is 4. The van der Waals surface area contributed by atoms with Crippen LogP contribution < -0.4 is 5.48 Å². The Labute approximate surface area is 54.1 Å². The summed E-state index contributed by atoms with van der Waals surface area (Å²) in [5.41, 5.74) is 0.905. The van der Waals surface area contributed by atoms with Crippen LogP contribution in [0.15, 0.2) is 0 Å². The van der Waals surface area contributed by atoms with Gasteiger partial charge in [-0.05, 0) is 0 Å². The molecule has 0 aromatic carbocycles. The fourth-order valence-electron chi connectivity index (χ4n) is 0.169. The first kappa shape index (κ1) is 8.62. The summed E-state index contributed by atoms with van der Waals surface area (Å²) in [6.07, 6.45) is -1.73. The molecule has 0 saturated heterocycles. The van der Waals surface area contributed by atoms with Gasteiger partial charge >= 0.3 is 12.1 Å². The van der Waals surface area contributed by atoms with Crippen molar-refractivity contribution >= 4 is 12.1 Å². The molecule has 4 N–H and O–H groups in total. The van der Waals surface area contributed by atoms with Crippen LogP contribution in [0, 0.1) is 0 Å². The van der Waals surface area contributed by atoms with Gasteiger partial charge in [0.15, 0.2) is 0 Å². The van der Waals surface area contributed by atoms with Gasteiger partial charge in [0.2, 0.25) is 0 Å². The molecule has 0 rings (SSSR count). The molecule has 0 aliphatic rings. The predicted molar refractivity (Wildman–Crippen MR) is 23.1 cm³/mol. The Bertz CT molecular complexity index is 129. The fourth-order valence-corrected chi connectivity index (χ4v) is 0.169. The molecule has 10 heavy (non-hydrogen) atoms. The number of nitrogens with zero attached hydrogens (tertiary/aromatic N) is 1. The van der Waals surface area contributed by atoms with E-state index in [1.807, 2.05) is 0 Å². The van der Waals surface area contributed by atoms with E-state index in [9.17, 15) is 9.59 Å². The molecule has 8 heteroatoms. The minimum atomic E-state index is -1.73. The van der Waals surface area contributed by atoms with Gasteiger partial charge in [-0.25, -0.2) is 15.1 Å². The molecule has 0 bridgehead atoms. The lowest BCUT2D eigenvalue weighted by molar-refractivity contribution is -0.206. The lowest BCUT2D eigenvalue weighted by Crippen LogP contribution is -2.40. The van der Waals surface area contributed by atoms with Crippen molar-refractivity contribution in [2.45, 2.75) is 0 Å². The topological polar surface area (TPSA) is 119 Å². The maximum absolute atomic E-state index is 10.0. The van der Waals surface area contributed by atoms with Crippen molar-refractivity contribution in [1.29, 1.82) is 0 Å². The Balaban J connectivity index is 3.94. The Kier molecular flexibility index (Phi) is 3.11. The molecule has 0 atom stereocenters. The molecule has 58 valence electrons. The number of amides is 3. The summed E-state index contributed by atoms with van der Waals surface area (Å²) in [6.45, 7) is 0. The van der Waals surface area contributed by atoms with E-state index < -0.39 is 17.2 Å². The third-order valence-electron chi connectivity index (χ3n) is 0.539. The SMILES string of the molecule is O=C(NO)N(O)C(=O)OO. The van der Waals surface area contributed by atoms with Crippen molar-refractivity contribution in [1.82, 2.24) is 10.5 Å². The lowest BCUT2D eigenvalue weighted by atomic mass is 10.9. The first-order valence-corrected chi connectivity index (χ1v) is 1.92. The highest BCUT2D eigenvalue weighted by atomic mass is 17.1. The molecular formula is C2H4N2O6. The van der Waals surface area contributed by atoms with E-state index in [0.29, 0.717) is 0 Å². The van der Waals surface area contributed by atoms with E-state index in [2.05, 4.69) is 4.89 Å². The van der Waals surface area contributed by atoms with Crippen LogP contribution in [-0.4, -0.2) is 32.9 Å². The molecule has 0 saturated carbocycles.